The molecule has 0 spiro atoms. The Balaban J connectivity index is 0.967. The third-order valence-electron chi connectivity index (χ3n) is 24.8. The van der Waals surface area contributed by atoms with Gasteiger partial charge in [-0.3, -0.25) is 14.5 Å². The first-order valence-corrected chi connectivity index (χ1v) is 32.9. The van der Waals surface area contributed by atoms with Crippen molar-refractivity contribution in [2.75, 3.05) is 31.1 Å². The number of carbonyl (C=O) groups excluding carboxylic acids is 1. The number of hydrogen-bond acceptors (Lipinski definition) is 8. The van der Waals surface area contributed by atoms with Crippen molar-refractivity contribution in [2.45, 2.75) is 209 Å². The van der Waals surface area contributed by atoms with E-state index < -0.39 is 40.9 Å². The van der Waals surface area contributed by atoms with E-state index in [1.807, 2.05) is 44.2 Å². The number of ether oxygens (including phenoxy) is 1. The van der Waals surface area contributed by atoms with E-state index in [4.69, 9.17) is 9.16 Å². The number of nitrogens with one attached hydrogen (secondary N) is 1. The van der Waals surface area contributed by atoms with Gasteiger partial charge in [-0.05, 0) is 182 Å². The lowest BCUT2D eigenvalue weighted by molar-refractivity contribution is -0.268. The molecule has 0 radical (unpaired) electrons. The predicted octanol–water partition coefficient (Wildman–Crippen LogP) is 12.2. The van der Waals surface area contributed by atoms with E-state index in [1.54, 1.807) is 0 Å². The fraction of sp³-hybridized carbons (Fsp3) is 0.864. The molecular weight excluding hydrogens is 909 g/mol. The summed E-state index contributed by atoms with van der Waals surface area (Å²) in [5.74, 6) is 1.91. The molecule has 1 saturated heterocycles. The maximum Gasteiger partial charge on any atom is 0.310 e. The first-order chi connectivity index (χ1) is 32.4. The molecule has 1 aliphatic heterocycles. The van der Waals surface area contributed by atoms with E-state index >= 15 is 0 Å². The molecule has 11 heteroatoms. The van der Waals surface area contributed by atoms with Crippen molar-refractivity contribution in [1.29, 1.82) is 0 Å². The zero-order valence-electron chi connectivity index (χ0n) is 46.3. The monoisotopic (exact) mass is 1000 g/mol. The number of fused-ring (bicyclic) bond motifs is 7. The summed E-state index contributed by atoms with van der Waals surface area (Å²) in [5, 5.41) is 16.0. The van der Waals surface area contributed by atoms with Crippen molar-refractivity contribution in [3.63, 3.8) is 0 Å². The number of esters is 1. The number of hydrogen-bond donors (Lipinski definition) is 2. The van der Waals surface area contributed by atoms with Crippen LogP contribution in [-0.2, 0) is 35.2 Å². The highest BCUT2D eigenvalue weighted by atomic mass is 32.2. The summed E-state index contributed by atoms with van der Waals surface area (Å²) >= 11 is 0. The SMILES string of the molecule is C[C@H](O[Si](C)(C)C(C)(C)C)[C@H](CN[C@]12CC[C@@H](C3(C)CC3)[C@@H]1[C@H]1CC[C@@H]3[C@]4(C)CC[C@H]([C@@]5(C(=O)O)C[C@@H](C(=O)OCc6ccccc6)C5(C)C)C(C)(C)[C@H]4CC[C@@]3(C)[C@]1(C)CC2)N1CCS(=O)(=O)CC1. The number of sulfone groups is 1. The molecule has 9 rings (SSSR count). The highest BCUT2D eigenvalue weighted by Gasteiger charge is 2.77. The number of aliphatic carboxylic acids is 1. The molecule has 14 atom stereocenters. The van der Waals surface area contributed by atoms with Crippen LogP contribution in [0.15, 0.2) is 30.3 Å². The van der Waals surface area contributed by atoms with E-state index in [9.17, 15) is 23.1 Å². The maximum atomic E-state index is 13.9. The molecule has 1 aromatic carbocycles. The topological polar surface area (TPSA) is 122 Å². The van der Waals surface area contributed by atoms with Gasteiger partial charge in [0.05, 0.1) is 28.9 Å². The molecule has 70 heavy (non-hydrogen) atoms. The summed E-state index contributed by atoms with van der Waals surface area (Å²) in [4.78, 5) is 30.1. The molecule has 7 saturated carbocycles. The minimum absolute atomic E-state index is 0.00993. The van der Waals surface area contributed by atoms with E-state index in [-0.39, 0.29) is 74.4 Å². The minimum atomic E-state index is -3.02. The number of nitrogens with zero attached hydrogens (tertiary/aromatic N) is 1. The quantitative estimate of drug-likeness (QED) is 0.147. The Hall–Kier alpha value is -1.79. The van der Waals surface area contributed by atoms with Crippen molar-refractivity contribution in [3.8, 4) is 0 Å². The number of benzene rings is 1. The number of carboxylic acids is 1. The molecular formula is C59H96N2O7SSi. The van der Waals surface area contributed by atoms with Crippen LogP contribution >= 0.6 is 0 Å². The van der Waals surface area contributed by atoms with Gasteiger partial charge in [0, 0.05) is 31.2 Å². The molecule has 2 N–H and O–H groups in total. The summed E-state index contributed by atoms with van der Waals surface area (Å²) in [6, 6.07) is 9.88. The molecule has 8 fully saturated rings. The first-order valence-electron chi connectivity index (χ1n) is 28.2. The molecule has 1 heterocycles. The largest absolute Gasteiger partial charge is 0.481 e. The van der Waals surface area contributed by atoms with Crippen molar-refractivity contribution in [3.05, 3.63) is 35.9 Å². The number of rotatable bonds is 13. The molecule has 0 amide bonds. The fourth-order valence-electron chi connectivity index (χ4n) is 19.1. The predicted molar refractivity (Wildman–Crippen MR) is 283 cm³/mol. The smallest absolute Gasteiger partial charge is 0.310 e. The molecule has 0 bridgehead atoms. The van der Waals surface area contributed by atoms with Gasteiger partial charge in [-0.2, -0.15) is 0 Å². The summed E-state index contributed by atoms with van der Waals surface area (Å²) < 4.78 is 38.6. The highest BCUT2D eigenvalue weighted by Crippen LogP contribution is 2.80. The Morgan fingerprint density at radius 2 is 1.44 bits per heavy atom. The van der Waals surface area contributed by atoms with Crippen LogP contribution in [0, 0.1) is 79.3 Å². The van der Waals surface area contributed by atoms with Crippen molar-refractivity contribution >= 4 is 30.1 Å². The molecule has 8 aliphatic rings. The molecule has 394 valence electrons. The Morgan fingerprint density at radius 3 is 2.04 bits per heavy atom. The Labute approximate surface area is 426 Å². The lowest BCUT2D eigenvalue weighted by Gasteiger charge is -2.75. The average molecular weight is 1010 g/mol. The van der Waals surface area contributed by atoms with Crippen LogP contribution in [0.2, 0.25) is 18.1 Å². The van der Waals surface area contributed by atoms with Crippen LogP contribution in [0.25, 0.3) is 0 Å². The van der Waals surface area contributed by atoms with Crippen LogP contribution < -0.4 is 5.32 Å². The van der Waals surface area contributed by atoms with Crippen LogP contribution in [0.3, 0.4) is 0 Å². The van der Waals surface area contributed by atoms with Crippen molar-refractivity contribution in [2.24, 2.45) is 79.3 Å². The zero-order valence-corrected chi connectivity index (χ0v) is 48.1. The lowest BCUT2D eigenvalue weighted by atomic mass is 9.29. The number of carbonyl (C=O) groups is 2. The third kappa shape index (κ3) is 8.03. The van der Waals surface area contributed by atoms with E-state index in [1.165, 1.54) is 57.8 Å². The Bertz CT molecular complexity index is 2260. The van der Waals surface area contributed by atoms with Crippen molar-refractivity contribution in [1.82, 2.24) is 10.2 Å². The zero-order chi connectivity index (χ0) is 51.1. The lowest BCUT2D eigenvalue weighted by Crippen LogP contribution is -2.72. The average Bonchev–Trinajstić information content (AvgIpc) is 3.89. The van der Waals surface area contributed by atoms with Gasteiger partial charge in [-0.1, -0.05) is 106 Å². The van der Waals surface area contributed by atoms with Gasteiger partial charge in [0.25, 0.3) is 0 Å². The van der Waals surface area contributed by atoms with Gasteiger partial charge in [0.1, 0.15) is 6.61 Å². The second-order valence-corrected chi connectivity index (χ2v) is 36.2. The van der Waals surface area contributed by atoms with Gasteiger partial charge in [0.2, 0.25) is 0 Å². The molecule has 0 aromatic heterocycles. The van der Waals surface area contributed by atoms with E-state index in [0.29, 0.717) is 54.5 Å². The Morgan fingerprint density at radius 1 is 0.800 bits per heavy atom. The van der Waals surface area contributed by atoms with Gasteiger partial charge in [-0.15, -0.1) is 0 Å². The molecule has 0 unspecified atom stereocenters. The van der Waals surface area contributed by atoms with Gasteiger partial charge in [-0.25, -0.2) is 8.42 Å². The summed E-state index contributed by atoms with van der Waals surface area (Å²) in [5.41, 5.74) is -0.0510. The maximum absolute atomic E-state index is 13.9. The van der Waals surface area contributed by atoms with E-state index in [2.05, 4.69) is 92.5 Å². The molecule has 9 nitrogen and oxygen atoms in total. The van der Waals surface area contributed by atoms with Crippen LogP contribution in [0.5, 0.6) is 0 Å². The van der Waals surface area contributed by atoms with Gasteiger partial charge < -0.3 is 19.6 Å². The standard InChI is InChI=1S/C59H96N2O7SSi/c1-39(68-70(13,14)51(2,3)4)44(61-32-34-69(65,66)35-33-61)37-60-58-27-22-41(54(9)28-29-54)48(58)42-20-21-47-55(10)25-23-46(52(5,6)45(55)24-26-57(47,12)56(42,11)30-31-58)59(50(63)64)36-43(53(59,7)8)49(62)67-38-40-18-16-15-17-19-40/h15-19,39,41-48,60H,20-38H2,1-14H3,(H,63,64)/t39-,41+,42+,43-,44-,45+,46-,47+,48+,55+,56+,57+,58-,59+/m0/s1. The van der Waals surface area contributed by atoms with Crippen molar-refractivity contribution < 1.29 is 32.3 Å². The highest BCUT2D eigenvalue weighted by molar-refractivity contribution is 7.91. The number of carboxylic acid groups (broad SMARTS) is 1. The van der Waals surface area contributed by atoms with Crippen LogP contribution in [0.1, 0.15) is 172 Å². The molecule has 1 aromatic rings. The van der Waals surface area contributed by atoms with Crippen LogP contribution in [0.4, 0.5) is 0 Å². The van der Waals surface area contributed by atoms with Gasteiger partial charge in [0.15, 0.2) is 18.2 Å². The summed E-state index contributed by atoms with van der Waals surface area (Å²) in [6.45, 7) is 35.8. The summed E-state index contributed by atoms with van der Waals surface area (Å²) in [7, 11) is -5.11. The first kappa shape index (κ1) is 53.0. The van der Waals surface area contributed by atoms with Crippen LogP contribution in [-0.4, -0.2) is 87.5 Å². The fourth-order valence-corrected chi connectivity index (χ4v) is 21.8. The second-order valence-electron chi connectivity index (χ2n) is 29.1. The second kappa shape index (κ2) is 17.4. The summed E-state index contributed by atoms with van der Waals surface area (Å²) in [6.07, 6.45) is 14.7. The van der Waals surface area contributed by atoms with Gasteiger partial charge >= 0.3 is 11.9 Å². The Kier molecular flexibility index (Phi) is 13.2. The normalized spacial score (nSPS) is 42.4. The van der Waals surface area contributed by atoms with E-state index in [0.717, 1.165) is 31.4 Å². The minimum Gasteiger partial charge on any atom is -0.481 e. The molecule has 7 aliphatic carbocycles. The third-order valence-corrected chi connectivity index (χ3v) is 31.0.